The van der Waals surface area contributed by atoms with E-state index in [1.807, 2.05) is 29.3 Å². The number of nitrogens with zero attached hydrogens (tertiary/aromatic N) is 6. The number of amides is 1. The standard InChI is InChI=1S/C27H32N6O3/c1-19(2)11-25(35)32-17-27(18-32)5-7-31(8-6-27)24-4-3-20(14-29-24)23-12-22(36-10-9-34)16-33-26(23)21(13-28)15-30-33/h3-4,12,14-16,19,34H,5-11,17-18H2,1-2H3. The quantitative estimate of drug-likeness (QED) is 0.545. The minimum Gasteiger partial charge on any atom is -0.490 e. The van der Waals surface area contributed by atoms with Crippen LogP contribution in [0.25, 0.3) is 16.6 Å². The smallest absolute Gasteiger partial charge is 0.222 e. The Hall–Kier alpha value is -3.64. The third-order valence-corrected chi connectivity index (χ3v) is 7.26. The summed E-state index contributed by atoms with van der Waals surface area (Å²) in [6.07, 6.45) is 7.84. The average Bonchev–Trinajstić information content (AvgIpc) is 3.28. The fourth-order valence-corrected chi connectivity index (χ4v) is 5.32. The van der Waals surface area contributed by atoms with Gasteiger partial charge in [0, 0.05) is 55.3 Å². The highest BCUT2D eigenvalue weighted by Crippen LogP contribution is 2.41. The van der Waals surface area contributed by atoms with Gasteiger partial charge in [-0.15, -0.1) is 0 Å². The number of likely N-dealkylation sites (tertiary alicyclic amines) is 1. The molecule has 1 amide bonds. The number of aliphatic hydroxyl groups excluding tert-OH is 1. The molecular formula is C27H32N6O3. The molecule has 1 spiro atoms. The van der Waals surface area contributed by atoms with Gasteiger partial charge in [0.1, 0.15) is 24.2 Å². The highest BCUT2D eigenvalue weighted by molar-refractivity contribution is 5.85. The molecule has 0 aliphatic carbocycles. The number of rotatable bonds is 7. The van der Waals surface area contributed by atoms with Crippen molar-refractivity contribution >= 4 is 17.2 Å². The first-order valence-corrected chi connectivity index (χ1v) is 12.6. The number of piperidine rings is 1. The van der Waals surface area contributed by atoms with E-state index in [1.165, 1.54) is 6.20 Å². The molecule has 3 aromatic heterocycles. The lowest BCUT2D eigenvalue weighted by Crippen LogP contribution is -2.62. The maximum atomic E-state index is 12.3. The highest BCUT2D eigenvalue weighted by Gasteiger charge is 2.46. The molecular weight excluding hydrogens is 456 g/mol. The van der Waals surface area contributed by atoms with Crippen LogP contribution in [0, 0.1) is 22.7 Å². The van der Waals surface area contributed by atoms with Crippen LogP contribution in [0.4, 0.5) is 5.82 Å². The summed E-state index contributed by atoms with van der Waals surface area (Å²) < 4.78 is 7.25. The number of pyridine rings is 2. The number of carbonyl (C=O) groups is 1. The van der Waals surface area contributed by atoms with Crippen LogP contribution in [0.5, 0.6) is 5.75 Å². The zero-order valence-electron chi connectivity index (χ0n) is 20.9. The third-order valence-electron chi connectivity index (χ3n) is 7.26. The summed E-state index contributed by atoms with van der Waals surface area (Å²) in [5.74, 6) is 2.18. The third kappa shape index (κ3) is 4.61. The molecule has 0 bridgehead atoms. The van der Waals surface area contributed by atoms with E-state index in [4.69, 9.17) is 14.8 Å². The number of fused-ring (bicyclic) bond motifs is 1. The predicted octanol–water partition coefficient (Wildman–Crippen LogP) is 3.11. The van der Waals surface area contributed by atoms with E-state index in [1.54, 1.807) is 10.7 Å². The average molecular weight is 489 g/mol. The van der Waals surface area contributed by atoms with Crippen molar-refractivity contribution in [3.63, 3.8) is 0 Å². The lowest BCUT2D eigenvalue weighted by molar-refractivity contribution is -0.145. The molecule has 2 aliphatic rings. The monoisotopic (exact) mass is 488 g/mol. The van der Waals surface area contributed by atoms with Gasteiger partial charge < -0.3 is 19.6 Å². The van der Waals surface area contributed by atoms with E-state index in [2.05, 4.69) is 29.9 Å². The van der Waals surface area contributed by atoms with Gasteiger partial charge in [-0.2, -0.15) is 10.4 Å². The van der Waals surface area contributed by atoms with Gasteiger partial charge in [0.2, 0.25) is 5.91 Å². The van der Waals surface area contributed by atoms with E-state index < -0.39 is 0 Å². The van der Waals surface area contributed by atoms with Gasteiger partial charge in [0.05, 0.1) is 30.1 Å². The second-order valence-electron chi connectivity index (χ2n) is 10.4. The summed E-state index contributed by atoms with van der Waals surface area (Å²) in [7, 11) is 0. The summed E-state index contributed by atoms with van der Waals surface area (Å²) in [4.78, 5) is 21.4. The van der Waals surface area contributed by atoms with Crippen LogP contribution in [-0.2, 0) is 4.79 Å². The predicted molar refractivity (Wildman–Crippen MR) is 136 cm³/mol. The van der Waals surface area contributed by atoms with E-state index in [0.717, 1.165) is 56.0 Å². The number of anilines is 1. The summed E-state index contributed by atoms with van der Waals surface area (Å²) in [6.45, 7) is 7.89. The van der Waals surface area contributed by atoms with E-state index >= 15 is 0 Å². The fourth-order valence-electron chi connectivity index (χ4n) is 5.32. The van der Waals surface area contributed by atoms with Gasteiger partial charge >= 0.3 is 0 Å². The number of carbonyl (C=O) groups excluding carboxylic acids is 1. The number of aliphatic hydroxyl groups is 1. The lowest BCUT2D eigenvalue weighted by Gasteiger charge is -2.54. The van der Waals surface area contributed by atoms with Crippen molar-refractivity contribution in [2.45, 2.75) is 33.1 Å². The summed E-state index contributed by atoms with van der Waals surface area (Å²) >= 11 is 0. The van der Waals surface area contributed by atoms with Crippen molar-refractivity contribution in [3.05, 3.63) is 42.4 Å². The van der Waals surface area contributed by atoms with Crippen LogP contribution in [0.15, 0.2) is 36.8 Å². The van der Waals surface area contributed by atoms with E-state index in [-0.39, 0.29) is 24.5 Å². The molecule has 5 heterocycles. The Balaban J connectivity index is 1.29. The molecule has 3 aromatic rings. The maximum Gasteiger partial charge on any atom is 0.222 e. The number of aromatic nitrogens is 3. The molecule has 9 nitrogen and oxygen atoms in total. The maximum absolute atomic E-state index is 12.3. The number of nitriles is 1. The van der Waals surface area contributed by atoms with Gasteiger partial charge in [0.25, 0.3) is 0 Å². The number of ether oxygens (including phenoxy) is 1. The zero-order valence-corrected chi connectivity index (χ0v) is 20.9. The molecule has 9 heteroatoms. The van der Waals surface area contributed by atoms with E-state index in [9.17, 15) is 10.1 Å². The largest absolute Gasteiger partial charge is 0.490 e. The molecule has 2 fully saturated rings. The van der Waals surface area contributed by atoms with Gasteiger partial charge in [-0.05, 0) is 37.0 Å². The number of hydrogen-bond acceptors (Lipinski definition) is 7. The van der Waals surface area contributed by atoms with Crippen LogP contribution in [0.1, 0.15) is 38.7 Å². The Morgan fingerprint density at radius 1 is 1.25 bits per heavy atom. The Bertz CT molecular complexity index is 1280. The summed E-state index contributed by atoms with van der Waals surface area (Å²) in [5, 5.41) is 23.0. The summed E-state index contributed by atoms with van der Waals surface area (Å²) in [6, 6.07) is 8.10. The Labute approximate surface area is 210 Å². The summed E-state index contributed by atoms with van der Waals surface area (Å²) in [5.41, 5.74) is 3.11. The van der Waals surface area contributed by atoms with Crippen molar-refractivity contribution < 1.29 is 14.6 Å². The molecule has 0 saturated carbocycles. The van der Waals surface area contributed by atoms with Crippen molar-refractivity contribution in [1.29, 1.82) is 5.26 Å². The Kier molecular flexibility index (Phi) is 6.54. The van der Waals surface area contributed by atoms with Crippen molar-refractivity contribution in [2.24, 2.45) is 11.3 Å². The molecule has 0 unspecified atom stereocenters. The van der Waals surface area contributed by atoms with Crippen LogP contribution in [-0.4, -0.2) is 69.9 Å². The zero-order chi connectivity index (χ0) is 25.3. The van der Waals surface area contributed by atoms with Crippen molar-refractivity contribution in [3.8, 4) is 22.9 Å². The van der Waals surface area contributed by atoms with Gasteiger partial charge in [-0.1, -0.05) is 13.8 Å². The molecule has 36 heavy (non-hydrogen) atoms. The molecule has 188 valence electrons. The molecule has 0 radical (unpaired) electrons. The van der Waals surface area contributed by atoms with Crippen LogP contribution in [0.3, 0.4) is 0 Å². The molecule has 5 rings (SSSR count). The highest BCUT2D eigenvalue weighted by atomic mass is 16.5. The first-order chi connectivity index (χ1) is 17.4. The molecule has 1 N–H and O–H groups in total. The topological polar surface area (TPSA) is 107 Å². The Morgan fingerprint density at radius 2 is 2.03 bits per heavy atom. The van der Waals surface area contributed by atoms with Crippen LogP contribution < -0.4 is 9.64 Å². The Morgan fingerprint density at radius 3 is 2.67 bits per heavy atom. The van der Waals surface area contributed by atoms with Gasteiger partial charge in [-0.3, -0.25) is 4.79 Å². The van der Waals surface area contributed by atoms with Gasteiger partial charge in [0.15, 0.2) is 0 Å². The van der Waals surface area contributed by atoms with E-state index in [0.29, 0.717) is 29.2 Å². The molecule has 2 saturated heterocycles. The SMILES string of the molecule is CC(C)CC(=O)N1CC2(CCN(c3ccc(-c4cc(OCCO)cn5ncc(C#N)c45)cn3)CC2)C1. The van der Waals surface area contributed by atoms with Crippen molar-refractivity contribution in [2.75, 3.05) is 44.3 Å². The second-order valence-corrected chi connectivity index (χ2v) is 10.4. The van der Waals surface area contributed by atoms with Gasteiger partial charge in [-0.25, -0.2) is 9.50 Å². The fraction of sp³-hybridized carbons (Fsp3) is 0.481. The minimum atomic E-state index is -0.0877. The van der Waals surface area contributed by atoms with Crippen LogP contribution in [0.2, 0.25) is 0 Å². The number of hydrogen-bond donors (Lipinski definition) is 1. The minimum absolute atomic E-state index is 0.0877. The molecule has 2 aliphatic heterocycles. The first-order valence-electron chi connectivity index (χ1n) is 12.6. The second kappa shape index (κ2) is 9.78. The lowest BCUT2D eigenvalue weighted by atomic mass is 9.71. The first kappa shape index (κ1) is 24.1. The normalized spacial score (nSPS) is 16.9. The van der Waals surface area contributed by atoms with Crippen molar-refractivity contribution in [1.82, 2.24) is 19.5 Å². The van der Waals surface area contributed by atoms with Crippen LogP contribution >= 0.6 is 0 Å². The molecule has 0 atom stereocenters. The molecule has 0 aromatic carbocycles.